The Kier molecular flexibility index (Phi) is 5.12. The van der Waals surface area contributed by atoms with Gasteiger partial charge in [-0.2, -0.15) is 5.26 Å². The molecular weight excluding hydrogens is 437 g/mol. The van der Waals surface area contributed by atoms with Crippen LogP contribution in [0.1, 0.15) is 40.7 Å². The van der Waals surface area contributed by atoms with Gasteiger partial charge < -0.3 is 5.32 Å². The maximum Gasteiger partial charge on any atom is 0.241 e. The lowest BCUT2D eigenvalue weighted by Crippen LogP contribution is -2.40. The van der Waals surface area contributed by atoms with E-state index in [1.165, 1.54) is 40.5 Å². The van der Waals surface area contributed by atoms with E-state index >= 15 is 0 Å². The predicted molar refractivity (Wildman–Crippen MR) is 117 cm³/mol. The van der Waals surface area contributed by atoms with Crippen molar-refractivity contribution < 1.29 is 12.3 Å². The molecule has 31 heavy (non-hydrogen) atoms. The number of nitrogens with zero attached hydrogens (tertiary/aromatic N) is 3. The van der Waals surface area contributed by atoms with Gasteiger partial charge in [-0.3, -0.25) is 5.43 Å². The van der Waals surface area contributed by atoms with Crippen LogP contribution < -0.4 is 10.7 Å². The van der Waals surface area contributed by atoms with Crippen LogP contribution in [0.15, 0.2) is 40.2 Å². The third kappa shape index (κ3) is 3.37. The highest BCUT2D eigenvalue weighted by molar-refractivity contribution is 8.06. The van der Waals surface area contributed by atoms with Crippen molar-refractivity contribution in [2.24, 2.45) is 4.99 Å². The lowest BCUT2D eigenvalue weighted by atomic mass is 9.99. The van der Waals surface area contributed by atoms with Crippen LogP contribution in [0.4, 0.5) is 9.57 Å². The van der Waals surface area contributed by atoms with Gasteiger partial charge in [0.2, 0.25) is 21.3 Å². The molecule has 10 heteroatoms. The minimum Gasteiger partial charge on any atom is -0.349 e. The SMILES string of the molecule is N#Cc1ccccc1S(=O)(=O)C1=NC(Nc2c3c(cc4c2CCC4)CCC3)N(SF)N1. The van der Waals surface area contributed by atoms with Gasteiger partial charge >= 0.3 is 0 Å². The average molecular weight is 458 g/mol. The Morgan fingerprint density at radius 1 is 1.16 bits per heavy atom. The molecule has 0 amide bonds. The number of sulfone groups is 1. The van der Waals surface area contributed by atoms with Crippen molar-refractivity contribution in [2.45, 2.75) is 49.7 Å². The molecule has 2 aromatic carbocycles. The third-order valence-electron chi connectivity index (χ3n) is 6.04. The Balaban J connectivity index is 1.52. The van der Waals surface area contributed by atoms with Crippen molar-refractivity contribution >= 4 is 33.0 Å². The summed E-state index contributed by atoms with van der Waals surface area (Å²) in [5.41, 5.74) is 8.61. The largest absolute Gasteiger partial charge is 0.349 e. The second-order valence-corrected chi connectivity index (χ2v) is 10.2. The Labute approximate surface area is 184 Å². The quantitative estimate of drug-likeness (QED) is 0.679. The lowest BCUT2D eigenvalue weighted by molar-refractivity contribution is 0.381. The highest BCUT2D eigenvalue weighted by Crippen LogP contribution is 2.39. The van der Waals surface area contributed by atoms with Crippen LogP contribution in [0.3, 0.4) is 0 Å². The number of fused-ring (bicyclic) bond motifs is 2. The molecule has 0 saturated heterocycles. The standard InChI is InChI=1S/C21H20FN5O2S2/c22-30-27-20(24-19-16-8-3-6-13(16)11-14-7-4-9-17(14)19)25-21(26-27)31(28,29)18-10-2-1-5-15(18)12-23/h1-2,5,10-11,20,24H,3-4,6-9H2,(H,25,26). The number of hydrogen-bond donors (Lipinski definition) is 2. The molecular formula is C21H20FN5O2S2. The number of nitriles is 1. The molecule has 1 atom stereocenters. The molecule has 2 aliphatic carbocycles. The highest BCUT2D eigenvalue weighted by Gasteiger charge is 2.37. The molecule has 0 bridgehead atoms. The van der Waals surface area contributed by atoms with Crippen molar-refractivity contribution in [3.05, 3.63) is 58.1 Å². The second kappa shape index (κ2) is 7.82. The number of nitrogens with one attached hydrogen (secondary N) is 2. The summed E-state index contributed by atoms with van der Waals surface area (Å²) in [6.45, 7) is 0. The minimum absolute atomic E-state index is 0.0153. The van der Waals surface area contributed by atoms with Gasteiger partial charge in [-0.05, 0) is 72.9 Å². The number of aryl methyl sites for hydroxylation is 2. The van der Waals surface area contributed by atoms with E-state index in [0.29, 0.717) is 0 Å². The molecule has 1 aliphatic heterocycles. The third-order valence-corrected chi connectivity index (χ3v) is 8.12. The number of amidine groups is 1. The van der Waals surface area contributed by atoms with Crippen molar-refractivity contribution in [3.8, 4) is 6.07 Å². The average Bonchev–Trinajstić information content (AvgIpc) is 3.52. The summed E-state index contributed by atoms with van der Waals surface area (Å²) >= 11 is -0.133. The number of rotatable bonds is 4. The zero-order chi connectivity index (χ0) is 21.6. The van der Waals surface area contributed by atoms with Crippen LogP contribution >= 0.6 is 12.3 Å². The first kappa shape index (κ1) is 20.3. The molecule has 2 N–H and O–H groups in total. The summed E-state index contributed by atoms with van der Waals surface area (Å²) < 4.78 is 41.0. The molecule has 5 rings (SSSR count). The fourth-order valence-electron chi connectivity index (χ4n) is 4.64. The molecule has 0 aromatic heterocycles. The number of hydrogen-bond acceptors (Lipinski definition) is 8. The number of aliphatic imine (C=N–C) groups is 1. The number of benzene rings is 2. The molecule has 160 valence electrons. The van der Waals surface area contributed by atoms with Gasteiger partial charge in [-0.15, -0.1) is 3.89 Å². The zero-order valence-corrected chi connectivity index (χ0v) is 18.2. The van der Waals surface area contributed by atoms with Crippen LogP contribution in [0.5, 0.6) is 0 Å². The number of anilines is 1. The van der Waals surface area contributed by atoms with Gasteiger partial charge in [0.15, 0.2) is 12.3 Å². The fraction of sp³-hybridized carbons (Fsp3) is 0.333. The fourth-order valence-corrected chi connectivity index (χ4v) is 6.32. The summed E-state index contributed by atoms with van der Waals surface area (Å²) in [4.78, 5) is 4.11. The zero-order valence-electron chi connectivity index (χ0n) is 16.6. The first-order chi connectivity index (χ1) is 15.0. The summed E-state index contributed by atoms with van der Waals surface area (Å²) in [5.74, 6) is 0. The maximum atomic E-state index is 13.7. The van der Waals surface area contributed by atoms with Crippen molar-refractivity contribution in [1.82, 2.24) is 9.84 Å². The number of halogens is 1. The van der Waals surface area contributed by atoms with E-state index in [1.807, 2.05) is 6.07 Å². The van der Waals surface area contributed by atoms with Crippen LogP contribution in [0.2, 0.25) is 0 Å². The first-order valence-electron chi connectivity index (χ1n) is 10.1. The Morgan fingerprint density at radius 2 is 1.84 bits per heavy atom. The van der Waals surface area contributed by atoms with Gasteiger partial charge in [0.05, 0.1) is 10.5 Å². The monoisotopic (exact) mass is 457 g/mol. The van der Waals surface area contributed by atoms with E-state index in [2.05, 4.69) is 21.8 Å². The lowest BCUT2D eigenvalue weighted by Gasteiger charge is -2.23. The molecule has 0 fully saturated rings. The number of hydrazine groups is 1. The van der Waals surface area contributed by atoms with Crippen molar-refractivity contribution in [1.29, 1.82) is 5.26 Å². The molecule has 1 unspecified atom stereocenters. The van der Waals surface area contributed by atoms with Gasteiger partial charge in [0.1, 0.15) is 6.07 Å². The van der Waals surface area contributed by atoms with Gasteiger partial charge in [0.25, 0.3) is 0 Å². The Bertz CT molecular complexity index is 1210. The molecule has 1 heterocycles. The second-order valence-electron chi connectivity index (χ2n) is 7.80. The maximum absolute atomic E-state index is 13.7. The van der Waals surface area contributed by atoms with E-state index in [0.717, 1.165) is 48.6 Å². The smallest absolute Gasteiger partial charge is 0.241 e. The molecule has 0 saturated carbocycles. The van der Waals surface area contributed by atoms with Gasteiger partial charge in [0, 0.05) is 5.69 Å². The van der Waals surface area contributed by atoms with Crippen LogP contribution in [-0.2, 0) is 35.5 Å². The van der Waals surface area contributed by atoms with E-state index in [4.69, 9.17) is 0 Å². The van der Waals surface area contributed by atoms with E-state index < -0.39 is 16.1 Å². The van der Waals surface area contributed by atoms with Crippen LogP contribution in [-0.4, -0.2) is 24.3 Å². The Morgan fingerprint density at radius 3 is 2.48 bits per heavy atom. The normalized spacial score (nSPS) is 20.0. The predicted octanol–water partition coefficient (Wildman–Crippen LogP) is 3.41. The van der Waals surface area contributed by atoms with Gasteiger partial charge in [-0.1, -0.05) is 22.6 Å². The van der Waals surface area contributed by atoms with Crippen molar-refractivity contribution in [2.75, 3.05) is 5.32 Å². The molecule has 7 nitrogen and oxygen atoms in total. The molecule has 2 aromatic rings. The van der Waals surface area contributed by atoms with E-state index in [-0.39, 0.29) is 28.0 Å². The molecule has 0 radical (unpaired) electrons. The summed E-state index contributed by atoms with van der Waals surface area (Å²) in [6, 6.07) is 10.1. The first-order valence-corrected chi connectivity index (χ1v) is 12.3. The minimum atomic E-state index is -4.12. The van der Waals surface area contributed by atoms with Crippen LogP contribution in [0, 0.1) is 11.3 Å². The Hall–Kier alpha value is -2.61. The summed E-state index contributed by atoms with van der Waals surface area (Å²) in [5, 5.41) is 12.2. The summed E-state index contributed by atoms with van der Waals surface area (Å²) in [6.07, 6.45) is 5.14. The van der Waals surface area contributed by atoms with E-state index in [1.54, 1.807) is 6.07 Å². The van der Waals surface area contributed by atoms with Crippen molar-refractivity contribution in [3.63, 3.8) is 0 Å². The topological polar surface area (TPSA) is 97.6 Å². The van der Waals surface area contributed by atoms with Gasteiger partial charge in [-0.25, -0.2) is 13.4 Å². The summed E-state index contributed by atoms with van der Waals surface area (Å²) in [7, 11) is -4.12. The highest BCUT2D eigenvalue weighted by atomic mass is 32.2. The van der Waals surface area contributed by atoms with E-state index in [9.17, 15) is 17.6 Å². The molecule has 0 spiro atoms. The van der Waals surface area contributed by atoms with Crippen LogP contribution in [0.25, 0.3) is 0 Å². The molecule has 3 aliphatic rings.